The van der Waals surface area contributed by atoms with Crippen LogP contribution in [-0.4, -0.2) is 16.4 Å². The molecular formula is C15H15FN2. The second kappa shape index (κ2) is 4.86. The summed E-state index contributed by atoms with van der Waals surface area (Å²) in [5.41, 5.74) is 3.30. The van der Waals surface area contributed by atoms with E-state index in [2.05, 4.69) is 34.1 Å². The zero-order chi connectivity index (χ0) is 12.4. The first-order valence-electron chi connectivity index (χ1n) is 6.21. The predicted molar refractivity (Wildman–Crippen MR) is 68.5 cm³/mol. The van der Waals surface area contributed by atoms with E-state index in [1.54, 1.807) is 12.3 Å². The highest BCUT2D eigenvalue weighted by Gasteiger charge is 2.17. The lowest BCUT2D eigenvalue weighted by Gasteiger charge is -2.28. The highest BCUT2D eigenvalue weighted by molar-refractivity contribution is 5.29. The van der Waals surface area contributed by atoms with Gasteiger partial charge >= 0.3 is 0 Å². The summed E-state index contributed by atoms with van der Waals surface area (Å²) in [6.45, 7) is 2.43. The van der Waals surface area contributed by atoms with Crippen LogP contribution in [0.25, 0.3) is 0 Å². The van der Waals surface area contributed by atoms with Gasteiger partial charge in [0.05, 0.1) is 5.69 Å². The second-order valence-corrected chi connectivity index (χ2v) is 4.66. The Bertz CT molecular complexity index is 554. The van der Waals surface area contributed by atoms with Crippen LogP contribution in [0.4, 0.5) is 4.39 Å². The molecule has 0 atom stereocenters. The predicted octanol–water partition coefficient (Wildman–Crippen LogP) is 2.78. The van der Waals surface area contributed by atoms with E-state index in [0.717, 1.165) is 19.5 Å². The van der Waals surface area contributed by atoms with Crippen LogP contribution in [0.15, 0.2) is 42.6 Å². The highest BCUT2D eigenvalue weighted by atomic mass is 19.1. The van der Waals surface area contributed by atoms with Gasteiger partial charge < -0.3 is 0 Å². The van der Waals surface area contributed by atoms with Gasteiger partial charge in [-0.05, 0) is 29.7 Å². The number of rotatable bonds is 2. The van der Waals surface area contributed by atoms with Gasteiger partial charge in [0.15, 0.2) is 0 Å². The van der Waals surface area contributed by atoms with Crippen molar-refractivity contribution in [3.05, 3.63) is 65.2 Å². The zero-order valence-corrected chi connectivity index (χ0v) is 10.1. The van der Waals surface area contributed by atoms with Crippen molar-refractivity contribution < 1.29 is 4.39 Å². The molecule has 1 aromatic carbocycles. The maximum Gasteiger partial charge on any atom is 0.146 e. The Kier molecular flexibility index (Phi) is 3.07. The lowest BCUT2D eigenvalue weighted by Crippen LogP contribution is -2.30. The third kappa shape index (κ3) is 2.27. The van der Waals surface area contributed by atoms with Crippen LogP contribution in [-0.2, 0) is 19.5 Å². The average Bonchev–Trinajstić information content (AvgIpc) is 2.41. The molecule has 3 heteroatoms. The maximum absolute atomic E-state index is 13.6. The molecule has 0 bridgehead atoms. The van der Waals surface area contributed by atoms with Crippen molar-refractivity contribution >= 4 is 0 Å². The summed E-state index contributed by atoms with van der Waals surface area (Å²) in [7, 11) is 0. The molecule has 1 aliphatic rings. The molecule has 0 amide bonds. The van der Waals surface area contributed by atoms with Gasteiger partial charge in [-0.25, -0.2) is 4.39 Å². The van der Waals surface area contributed by atoms with Crippen molar-refractivity contribution in [2.75, 3.05) is 6.54 Å². The number of halogens is 1. The molecule has 0 spiro atoms. The van der Waals surface area contributed by atoms with Crippen molar-refractivity contribution in [3.63, 3.8) is 0 Å². The van der Waals surface area contributed by atoms with Crippen LogP contribution in [0.5, 0.6) is 0 Å². The first-order chi connectivity index (χ1) is 8.83. The number of benzene rings is 1. The normalized spacial score (nSPS) is 15.4. The van der Waals surface area contributed by atoms with E-state index in [0.29, 0.717) is 12.2 Å². The van der Waals surface area contributed by atoms with Gasteiger partial charge in [-0.1, -0.05) is 24.3 Å². The number of hydrogen-bond acceptors (Lipinski definition) is 2. The average molecular weight is 242 g/mol. The second-order valence-electron chi connectivity index (χ2n) is 4.66. The van der Waals surface area contributed by atoms with Crippen molar-refractivity contribution in [2.45, 2.75) is 19.5 Å². The van der Waals surface area contributed by atoms with Crippen LogP contribution < -0.4 is 0 Å². The van der Waals surface area contributed by atoms with Crippen LogP contribution in [0, 0.1) is 5.82 Å². The molecule has 0 aliphatic carbocycles. The molecule has 0 radical (unpaired) electrons. The van der Waals surface area contributed by atoms with E-state index in [9.17, 15) is 4.39 Å². The highest BCUT2D eigenvalue weighted by Crippen LogP contribution is 2.20. The molecule has 2 aromatic rings. The van der Waals surface area contributed by atoms with Crippen molar-refractivity contribution in [2.24, 2.45) is 0 Å². The van der Waals surface area contributed by atoms with E-state index in [1.807, 2.05) is 0 Å². The standard InChI is InChI=1S/C15H15FN2/c16-14-6-3-8-17-15(14)11-18-9-7-12-4-1-2-5-13(12)10-18/h1-6,8H,7,9-11H2. The molecule has 0 N–H and O–H groups in total. The molecular weight excluding hydrogens is 227 g/mol. The quantitative estimate of drug-likeness (QED) is 0.805. The summed E-state index contributed by atoms with van der Waals surface area (Å²) in [5.74, 6) is -0.212. The maximum atomic E-state index is 13.6. The van der Waals surface area contributed by atoms with E-state index in [1.165, 1.54) is 17.2 Å². The molecule has 0 saturated carbocycles. The summed E-state index contributed by atoms with van der Waals surface area (Å²) >= 11 is 0. The minimum absolute atomic E-state index is 0.212. The largest absolute Gasteiger partial charge is 0.293 e. The van der Waals surface area contributed by atoms with Crippen molar-refractivity contribution in [1.29, 1.82) is 0 Å². The van der Waals surface area contributed by atoms with E-state index in [4.69, 9.17) is 0 Å². The SMILES string of the molecule is Fc1cccnc1CN1CCc2ccccc2C1. The smallest absolute Gasteiger partial charge is 0.146 e. The molecule has 1 aromatic heterocycles. The molecule has 0 fully saturated rings. The Morgan fingerprint density at radius 1 is 1.11 bits per heavy atom. The van der Waals surface area contributed by atoms with Gasteiger partial charge in [-0.15, -0.1) is 0 Å². The Hall–Kier alpha value is -1.74. The third-order valence-corrected chi connectivity index (χ3v) is 3.42. The number of fused-ring (bicyclic) bond motifs is 1. The fourth-order valence-electron chi connectivity index (χ4n) is 2.44. The van der Waals surface area contributed by atoms with E-state index in [-0.39, 0.29) is 5.82 Å². The van der Waals surface area contributed by atoms with Gasteiger partial charge in [0.25, 0.3) is 0 Å². The van der Waals surface area contributed by atoms with Gasteiger partial charge in [-0.2, -0.15) is 0 Å². The topological polar surface area (TPSA) is 16.1 Å². The summed E-state index contributed by atoms with van der Waals surface area (Å²) in [6, 6.07) is 11.6. The molecule has 1 aliphatic heterocycles. The van der Waals surface area contributed by atoms with Crippen LogP contribution in [0.2, 0.25) is 0 Å². The van der Waals surface area contributed by atoms with Crippen LogP contribution >= 0.6 is 0 Å². The molecule has 3 rings (SSSR count). The number of nitrogens with zero attached hydrogens (tertiary/aromatic N) is 2. The Labute approximate surface area is 106 Å². The minimum Gasteiger partial charge on any atom is -0.293 e. The number of aromatic nitrogens is 1. The molecule has 92 valence electrons. The Balaban J connectivity index is 1.75. The fourth-order valence-corrected chi connectivity index (χ4v) is 2.44. The number of hydrogen-bond donors (Lipinski definition) is 0. The molecule has 2 nitrogen and oxygen atoms in total. The summed E-state index contributed by atoms with van der Waals surface area (Å²) in [6.07, 6.45) is 2.68. The lowest BCUT2D eigenvalue weighted by molar-refractivity contribution is 0.239. The van der Waals surface area contributed by atoms with Gasteiger partial charge in [0, 0.05) is 25.8 Å². The van der Waals surface area contributed by atoms with Crippen molar-refractivity contribution in [1.82, 2.24) is 9.88 Å². The monoisotopic (exact) mass is 242 g/mol. The third-order valence-electron chi connectivity index (χ3n) is 3.42. The summed E-state index contributed by atoms with van der Waals surface area (Å²) < 4.78 is 13.6. The Morgan fingerprint density at radius 3 is 2.78 bits per heavy atom. The van der Waals surface area contributed by atoms with E-state index < -0.39 is 0 Å². The number of pyridine rings is 1. The molecule has 0 unspecified atom stereocenters. The van der Waals surface area contributed by atoms with Gasteiger partial charge in [-0.3, -0.25) is 9.88 Å². The van der Waals surface area contributed by atoms with Gasteiger partial charge in [0.1, 0.15) is 5.82 Å². The van der Waals surface area contributed by atoms with Gasteiger partial charge in [0.2, 0.25) is 0 Å². The summed E-state index contributed by atoms with van der Waals surface area (Å²) in [4.78, 5) is 6.36. The van der Waals surface area contributed by atoms with Crippen molar-refractivity contribution in [3.8, 4) is 0 Å². The lowest BCUT2D eigenvalue weighted by atomic mass is 10.00. The molecule has 2 heterocycles. The summed E-state index contributed by atoms with van der Waals surface area (Å²) in [5, 5.41) is 0. The first-order valence-corrected chi connectivity index (χ1v) is 6.21. The molecule has 0 saturated heterocycles. The first kappa shape index (κ1) is 11.4. The molecule has 18 heavy (non-hydrogen) atoms. The van der Waals surface area contributed by atoms with Crippen LogP contribution in [0.3, 0.4) is 0 Å². The zero-order valence-electron chi connectivity index (χ0n) is 10.1. The Morgan fingerprint density at radius 2 is 1.94 bits per heavy atom. The van der Waals surface area contributed by atoms with Crippen LogP contribution in [0.1, 0.15) is 16.8 Å². The minimum atomic E-state index is -0.212. The fraction of sp³-hybridized carbons (Fsp3) is 0.267. The van der Waals surface area contributed by atoms with E-state index >= 15 is 0 Å².